The van der Waals surface area contributed by atoms with E-state index in [9.17, 15) is 9.18 Å². The van der Waals surface area contributed by atoms with Crippen LogP contribution in [0.25, 0.3) is 0 Å². The zero-order chi connectivity index (χ0) is 15.9. The molecule has 0 saturated carbocycles. The molecule has 0 saturated heterocycles. The van der Waals surface area contributed by atoms with E-state index in [1.165, 1.54) is 30.5 Å². The summed E-state index contributed by atoms with van der Waals surface area (Å²) in [6.07, 6.45) is 1.62. The number of nitrogens with zero attached hydrogens (tertiary/aromatic N) is 1. The Hall–Kier alpha value is -2.05. The van der Waals surface area contributed by atoms with Gasteiger partial charge in [-0.05, 0) is 48.6 Å². The monoisotopic (exact) mass is 338 g/mol. The highest BCUT2D eigenvalue weighted by molar-refractivity contribution is 7.80. The van der Waals surface area contributed by atoms with Crippen LogP contribution in [0.1, 0.15) is 16.8 Å². The van der Waals surface area contributed by atoms with Crippen molar-refractivity contribution in [1.29, 1.82) is 0 Å². The van der Waals surface area contributed by atoms with Crippen molar-refractivity contribution in [1.82, 2.24) is 4.98 Å². The minimum atomic E-state index is -0.381. The number of aromatic nitrogens is 1. The van der Waals surface area contributed by atoms with Crippen molar-refractivity contribution in [3.63, 3.8) is 0 Å². The highest BCUT2D eigenvalue weighted by atomic mass is 35.5. The Morgan fingerprint density at radius 3 is 2.64 bits per heavy atom. The fraction of sp³-hybridized carbons (Fsp3) is 0.133. The van der Waals surface area contributed by atoms with Crippen molar-refractivity contribution in [2.75, 3.05) is 11.9 Å². The number of hydrogen-bond donors (Lipinski definition) is 1. The molecule has 1 N–H and O–H groups in total. The van der Waals surface area contributed by atoms with E-state index in [0.717, 1.165) is 0 Å². The van der Waals surface area contributed by atoms with Crippen LogP contribution in [0.5, 0.6) is 0 Å². The zero-order valence-electron chi connectivity index (χ0n) is 11.4. The fourth-order valence-electron chi connectivity index (χ4n) is 1.61. The van der Waals surface area contributed by atoms with Crippen LogP contribution in [0, 0.1) is 5.82 Å². The van der Waals surface area contributed by atoms with Gasteiger partial charge in [0.2, 0.25) is 0 Å². The summed E-state index contributed by atoms with van der Waals surface area (Å²) in [5, 5.41) is 3.40. The summed E-state index contributed by atoms with van der Waals surface area (Å²) in [5.41, 5.74) is 0.434. The van der Waals surface area contributed by atoms with E-state index in [-0.39, 0.29) is 29.8 Å². The van der Waals surface area contributed by atoms with Crippen molar-refractivity contribution in [3.8, 4) is 0 Å². The Balaban J connectivity index is 1.75. The minimum Gasteiger partial charge on any atom is -0.470 e. The molecule has 0 fully saturated rings. The maximum Gasteiger partial charge on any atom is 0.262 e. The number of pyridine rings is 1. The van der Waals surface area contributed by atoms with E-state index in [0.29, 0.717) is 16.4 Å². The normalized spacial score (nSPS) is 10.1. The third kappa shape index (κ3) is 5.05. The van der Waals surface area contributed by atoms with Crippen LogP contribution >= 0.6 is 23.8 Å². The largest absolute Gasteiger partial charge is 0.470 e. The van der Waals surface area contributed by atoms with Gasteiger partial charge in [0.15, 0.2) is 5.78 Å². The number of benzene rings is 1. The van der Waals surface area contributed by atoms with Crippen molar-refractivity contribution in [2.45, 2.75) is 6.42 Å². The first-order valence-corrected chi connectivity index (χ1v) is 7.17. The van der Waals surface area contributed by atoms with Gasteiger partial charge in [0.1, 0.15) is 11.6 Å². The second kappa shape index (κ2) is 7.82. The number of rotatable bonds is 5. The highest BCUT2D eigenvalue weighted by Gasteiger charge is 2.07. The Bertz CT molecular complexity index is 662. The van der Waals surface area contributed by atoms with Gasteiger partial charge in [0, 0.05) is 18.2 Å². The number of Topliss-reactive ketones (excluding diaryl/α,β-unsaturated/α-hetero) is 1. The molecule has 22 heavy (non-hydrogen) atoms. The molecule has 0 aliphatic carbocycles. The quantitative estimate of drug-likeness (QED) is 0.662. The SMILES string of the molecule is O=C(CCOC(=S)Nc1ccc(Cl)cn1)c1ccc(F)cc1. The smallest absolute Gasteiger partial charge is 0.262 e. The van der Waals surface area contributed by atoms with Gasteiger partial charge in [-0.15, -0.1) is 0 Å². The van der Waals surface area contributed by atoms with Gasteiger partial charge in [0.25, 0.3) is 5.17 Å². The van der Waals surface area contributed by atoms with Gasteiger partial charge in [-0.3, -0.25) is 4.79 Å². The van der Waals surface area contributed by atoms with Crippen molar-refractivity contribution in [3.05, 3.63) is 59.0 Å². The number of nitrogens with one attached hydrogen (secondary N) is 1. The first-order valence-electron chi connectivity index (χ1n) is 6.39. The zero-order valence-corrected chi connectivity index (χ0v) is 13.0. The van der Waals surface area contributed by atoms with Crippen LogP contribution in [0.4, 0.5) is 10.2 Å². The minimum absolute atomic E-state index is 0.113. The Labute approximate surface area is 137 Å². The van der Waals surface area contributed by atoms with E-state index in [1.54, 1.807) is 12.1 Å². The van der Waals surface area contributed by atoms with E-state index >= 15 is 0 Å². The maximum atomic E-state index is 12.8. The summed E-state index contributed by atoms with van der Waals surface area (Å²) < 4.78 is 18.0. The summed E-state index contributed by atoms with van der Waals surface area (Å²) in [4.78, 5) is 15.8. The molecule has 1 aromatic carbocycles. The number of ether oxygens (including phenoxy) is 1. The van der Waals surface area contributed by atoms with E-state index in [4.69, 9.17) is 28.6 Å². The third-order valence-electron chi connectivity index (χ3n) is 2.69. The highest BCUT2D eigenvalue weighted by Crippen LogP contribution is 2.10. The summed E-state index contributed by atoms with van der Waals surface area (Å²) in [7, 11) is 0. The number of carbonyl (C=O) groups excluding carboxylic acids is 1. The van der Waals surface area contributed by atoms with Gasteiger partial charge in [-0.1, -0.05) is 11.6 Å². The van der Waals surface area contributed by atoms with Crippen LogP contribution in [-0.4, -0.2) is 22.5 Å². The number of anilines is 1. The summed E-state index contributed by atoms with van der Waals surface area (Å²) in [5.74, 6) is -0.0275. The summed E-state index contributed by atoms with van der Waals surface area (Å²) in [6.45, 7) is 0.121. The van der Waals surface area contributed by atoms with Gasteiger partial charge in [-0.2, -0.15) is 0 Å². The summed E-state index contributed by atoms with van der Waals surface area (Å²) in [6, 6.07) is 8.68. The predicted molar refractivity (Wildman–Crippen MR) is 86.8 cm³/mol. The molecule has 1 heterocycles. The predicted octanol–water partition coefficient (Wildman–Crippen LogP) is 3.86. The molecule has 4 nitrogen and oxygen atoms in total. The van der Waals surface area contributed by atoms with Gasteiger partial charge in [-0.25, -0.2) is 9.37 Å². The first kappa shape index (κ1) is 16.3. The molecule has 0 atom stereocenters. The van der Waals surface area contributed by atoms with E-state index < -0.39 is 0 Å². The van der Waals surface area contributed by atoms with Gasteiger partial charge >= 0.3 is 0 Å². The first-order chi connectivity index (χ1) is 10.5. The molecule has 0 aliphatic heterocycles. The lowest BCUT2D eigenvalue weighted by Gasteiger charge is -2.08. The average Bonchev–Trinajstić information content (AvgIpc) is 2.50. The number of hydrogen-bond acceptors (Lipinski definition) is 4. The maximum absolute atomic E-state index is 12.8. The molecule has 0 unspecified atom stereocenters. The molecule has 0 amide bonds. The molecular weight excluding hydrogens is 327 g/mol. The number of ketones is 1. The van der Waals surface area contributed by atoms with Crippen molar-refractivity contribution in [2.24, 2.45) is 0 Å². The topological polar surface area (TPSA) is 51.2 Å². The number of halogens is 2. The van der Waals surface area contributed by atoms with Crippen molar-refractivity contribution >= 4 is 40.6 Å². The molecule has 7 heteroatoms. The lowest BCUT2D eigenvalue weighted by atomic mass is 10.1. The van der Waals surface area contributed by atoms with Crippen LogP contribution < -0.4 is 5.32 Å². The Morgan fingerprint density at radius 2 is 2.00 bits per heavy atom. The van der Waals surface area contributed by atoms with Crippen LogP contribution in [0.15, 0.2) is 42.6 Å². The molecule has 2 rings (SSSR count). The second-order valence-electron chi connectivity index (χ2n) is 4.30. The number of thiocarbonyl (C=S) groups is 1. The molecule has 0 radical (unpaired) electrons. The van der Waals surface area contributed by atoms with Crippen LogP contribution in [-0.2, 0) is 4.74 Å². The third-order valence-corrected chi connectivity index (χ3v) is 3.13. The fourth-order valence-corrected chi connectivity index (χ4v) is 1.91. The molecule has 1 aromatic heterocycles. The standard InChI is InChI=1S/C15H12ClFN2O2S/c16-11-3-6-14(18-9-11)19-15(22)21-8-7-13(20)10-1-4-12(17)5-2-10/h1-6,9H,7-8H2,(H,18,19,22). The van der Waals surface area contributed by atoms with E-state index in [1.807, 2.05) is 0 Å². The molecule has 0 bridgehead atoms. The van der Waals surface area contributed by atoms with Crippen LogP contribution in [0.2, 0.25) is 5.02 Å². The number of carbonyl (C=O) groups is 1. The second-order valence-corrected chi connectivity index (χ2v) is 5.11. The lowest BCUT2D eigenvalue weighted by molar-refractivity contribution is 0.0960. The molecule has 0 spiro atoms. The molecule has 0 aliphatic rings. The van der Waals surface area contributed by atoms with Gasteiger partial charge < -0.3 is 10.1 Å². The molecule has 114 valence electrons. The Kier molecular flexibility index (Phi) is 5.80. The van der Waals surface area contributed by atoms with Gasteiger partial charge in [0.05, 0.1) is 11.6 Å². The molecular formula is C15H12ClFN2O2S. The van der Waals surface area contributed by atoms with E-state index in [2.05, 4.69) is 10.3 Å². The lowest BCUT2D eigenvalue weighted by Crippen LogP contribution is -2.16. The average molecular weight is 339 g/mol. The summed E-state index contributed by atoms with van der Waals surface area (Å²) >= 11 is 10.7. The Morgan fingerprint density at radius 1 is 1.27 bits per heavy atom. The van der Waals surface area contributed by atoms with Crippen molar-refractivity contribution < 1.29 is 13.9 Å². The molecule has 2 aromatic rings. The van der Waals surface area contributed by atoms with Crippen LogP contribution in [0.3, 0.4) is 0 Å².